The first-order chi connectivity index (χ1) is 11.1. The lowest BCUT2D eigenvalue weighted by molar-refractivity contribution is -0.246. The molecule has 2 aromatic carbocycles. The van der Waals surface area contributed by atoms with Gasteiger partial charge < -0.3 is 0 Å². The summed E-state index contributed by atoms with van der Waals surface area (Å²) < 4.78 is 70.1. The Balaban J connectivity index is 2.85. The van der Waals surface area contributed by atoms with E-state index in [2.05, 4.69) is 0 Å². The Morgan fingerprint density at radius 1 is 0.750 bits per heavy atom. The van der Waals surface area contributed by atoms with Gasteiger partial charge in [-0.2, -0.15) is 13.2 Å². The van der Waals surface area contributed by atoms with E-state index in [1.165, 1.54) is 48.5 Å². The molecule has 0 nitrogen and oxygen atoms in total. The molecule has 0 aliphatic carbocycles. The highest BCUT2D eigenvalue weighted by Gasteiger charge is 2.72. The minimum absolute atomic E-state index is 0.104. The summed E-state index contributed by atoms with van der Waals surface area (Å²) in [7, 11) is -4.43. The van der Waals surface area contributed by atoms with Crippen molar-refractivity contribution in [3.05, 3.63) is 60.7 Å². The van der Waals surface area contributed by atoms with Crippen LogP contribution < -0.4 is 10.4 Å². The van der Waals surface area contributed by atoms with Gasteiger partial charge in [0.15, 0.2) is 0 Å². The molecule has 2 rings (SSSR count). The lowest BCUT2D eigenvalue weighted by atomic mass is 10.3. The average Bonchev–Trinajstić information content (AvgIpc) is 2.53. The third-order valence-electron chi connectivity index (χ3n) is 4.14. The summed E-state index contributed by atoms with van der Waals surface area (Å²) in [6.07, 6.45) is -5.60. The summed E-state index contributed by atoms with van der Waals surface area (Å²) in [6.45, 7) is 3.36. The Kier molecular flexibility index (Phi) is 5.18. The van der Waals surface area contributed by atoms with Gasteiger partial charge in [0.1, 0.15) is 0 Å². The van der Waals surface area contributed by atoms with E-state index in [-0.39, 0.29) is 22.3 Å². The van der Waals surface area contributed by atoms with E-state index in [0.29, 0.717) is 0 Å². The highest BCUT2D eigenvalue weighted by atomic mass is 28.3. The maximum absolute atomic E-state index is 14.9. The van der Waals surface area contributed by atoms with Crippen molar-refractivity contribution in [2.45, 2.75) is 31.6 Å². The average molecular weight is 358 g/mol. The lowest BCUT2D eigenvalue weighted by Gasteiger charge is -2.41. The summed E-state index contributed by atoms with van der Waals surface area (Å²) in [6, 6.07) is 14.8. The standard InChI is InChI=1S/C18H19F5Si/c1-14(2)13-24(15-9-5-3-6-10-15,16-11-7-4-8-12-16)18(22,23)17(19,20)21/h3-12,14H,13H2,1-2H3. The summed E-state index contributed by atoms with van der Waals surface area (Å²) >= 11 is 0. The number of benzene rings is 2. The largest absolute Gasteiger partial charge is 0.449 e. The van der Waals surface area contributed by atoms with E-state index in [4.69, 9.17) is 0 Å². The first kappa shape index (κ1) is 18.6. The van der Waals surface area contributed by atoms with Gasteiger partial charge in [0.25, 0.3) is 0 Å². The summed E-state index contributed by atoms with van der Waals surface area (Å²) in [5.74, 6) is -0.301. The minimum atomic E-state index is -5.60. The van der Waals surface area contributed by atoms with Crippen molar-refractivity contribution < 1.29 is 22.0 Å². The maximum atomic E-state index is 14.9. The second-order valence-corrected chi connectivity index (χ2v) is 10.3. The number of hydrogen-bond donors (Lipinski definition) is 0. The van der Waals surface area contributed by atoms with Crippen LogP contribution in [0.1, 0.15) is 13.8 Å². The van der Waals surface area contributed by atoms with Crippen LogP contribution in [0.3, 0.4) is 0 Å². The molecule has 0 atom stereocenters. The zero-order valence-electron chi connectivity index (χ0n) is 13.4. The molecule has 0 amide bonds. The van der Waals surface area contributed by atoms with Gasteiger partial charge in [-0.3, -0.25) is 0 Å². The first-order valence-electron chi connectivity index (χ1n) is 7.68. The van der Waals surface area contributed by atoms with E-state index >= 15 is 0 Å². The molecule has 130 valence electrons. The first-order valence-corrected chi connectivity index (χ1v) is 9.89. The molecule has 6 heteroatoms. The van der Waals surface area contributed by atoms with Crippen molar-refractivity contribution in [2.24, 2.45) is 5.92 Å². The molecule has 0 saturated heterocycles. The maximum Gasteiger partial charge on any atom is 0.449 e. The molecule has 0 spiro atoms. The summed E-state index contributed by atoms with van der Waals surface area (Å²) in [4.78, 5) is 0. The summed E-state index contributed by atoms with van der Waals surface area (Å²) in [5.41, 5.74) is -4.77. The van der Waals surface area contributed by atoms with Gasteiger partial charge >= 0.3 is 11.7 Å². The molecule has 0 saturated carbocycles. The van der Waals surface area contributed by atoms with Crippen molar-refractivity contribution in [2.75, 3.05) is 0 Å². The molecule has 0 aliphatic heterocycles. The molecule has 0 radical (unpaired) electrons. The van der Waals surface area contributed by atoms with Gasteiger partial charge in [0.05, 0.1) is 0 Å². The van der Waals surface area contributed by atoms with Crippen LogP contribution in [0, 0.1) is 5.92 Å². The molecule has 0 aliphatic rings. The van der Waals surface area contributed by atoms with E-state index in [0.717, 1.165) is 0 Å². The van der Waals surface area contributed by atoms with Gasteiger partial charge in [0, 0.05) is 0 Å². The molecule has 0 unspecified atom stereocenters. The molecule has 2 aromatic rings. The van der Waals surface area contributed by atoms with E-state index in [9.17, 15) is 22.0 Å². The number of rotatable bonds is 5. The normalized spacial score (nSPS) is 13.3. The van der Waals surface area contributed by atoms with E-state index in [1.807, 2.05) is 0 Å². The van der Waals surface area contributed by atoms with Gasteiger partial charge in [-0.25, -0.2) is 8.78 Å². The quantitative estimate of drug-likeness (QED) is 0.539. The minimum Gasteiger partial charge on any atom is -0.201 e. The number of halogens is 5. The zero-order valence-corrected chi connectivity index (χ0v) is 14.4. The predicted octanol–water partition coefficient (Wildman–Crippen LogP) is 4.64. The van der Waals surface area contributed by atoms with Crippen LogP contribution in [0.2, 0.25) is 6.04 Å². The van der Waals surface area contributed by atoms with Crippen molar-refractivity contribution in [3.63, 3.8) is 0 Å². The third kappa shape index (κ3) is 3.11. The van der Waals surface area contributed by atoms with Crippen LogP contribution in [-0.4, -0.2) is 19.8 Å². The number of alkyl halides is 5. The summed E-state index contributed by atoms with van der Waals surface area (Å²) in [5, 5.41) is 0.208. The van der Waals surface area contributed by atoms with Gasteiger partial charge in [-0.05, 0) is 22.3 Å². The Morgan fingerprint density at radius 2 is 1.12 bits per heavy atom. The number of hydrogen-bond acceptors (Lipinski definition) is 0. The fourth-order valence-electron chi connectivity index (χ4n) is 3.19. The van der Waals surface area contributed by atoms with E-state index < -0.39 is 19.8 Å². The van der Waals surface area contributed by atoms with Crippen molar-refractivity contribution in [1.82, 2.24) is 0 Å². The Labute approximate surface area is 139 Å². The Bertz CT molecular complexity index is 611. The molecule has 0 fully saturated rings. The van der Waals surface area contributed by atoms with Gasteiger partial charge in [-0.15, -0.1) is 0 Å². The fraction of sp³-hybridized carbons (Fsp3) is 0.333. The highest BCUT2D eigenvalue weighted by Crippen LogP contribution is 2.44. The van der Waals surface area contributed by atoms with Gasteiger partial charge in [0.2, 0.25) is 8.07 Å². The van der Waals surface area contributed by atoms with Crippen molar-refractivity contribution in [1.29, 1.82) is 0 Å². The second-order valence-electron chi connectivity index (χ2n) is 6.31. The monoisotopic (exact) mass is 358 g/mol. The lowest BCUT2D eigenvalue weighted by Crippen LogP contribution is -2.74. The van der Waals surface area contributed by atoms with Gasteiger partial charge in [-0.1, -0.05) is 74.5 Å². The molecule has 24 heavy (non-hydrogen) atoms. The second kappa shape index (κ2) is 6.67. The van der Waals surface area contributed by atoms with Crippen LogP contribution in [0.15, 0.2) is 60.7 Å². The molecular formula is C18H19F5Si. The third-order valence-corrected chi connectivity index (χ3v) is 9.56. The molecule has 0 bridgehead atoms. The molecule has 0 heterocycles. The highest BCUT2D eigenvalue weighted by molar-refractivity contribution is 7.04. The smallest absolute Gasteiger partial charge is 0.201 e. The van der Waals surface area contributed by atoms with Crippen LogP contribution in [0.25, 0.3) is 0 Å². The molecule has 0 aromatic heterocycles. The van der Waals surface area contributed by atoms with Crippen LogP contribution in [0.5, 0.6) is 0 Å². The Hall–Kier alpha value is -1.69. The van der Waals surface area contributed by atoms with E-state index in [1.54, 1.807) is 26.0 Å². The zero-order chi connectivity index (χ0) is 18.0. The van der Waals surface area contributed by atoms with Crippen LogP contribution >= 0.6 is 0 Å². The van der Waals surface area contributed by atoms with Crippen molar-refractivity contribution in [3.8, 4) is 0 Å². The SMILES string of the molecule is CC(C)C[Si](c1ccccc1)(c1ccccc1)C(F)(F)C(F)(F)F. The van der Waals surface area contributed by atoms with Crippen LogP contribution in [0.4, 0.5) is 22.0 Å². The Morgan fingerprint density at radius 3 is 1.42 bits per heavy atom. The molecule has 0 N–H and O–H groups in total. The predicted molar refractivity (Wildman–Crippen MR) is 88.6 cm³/mol. The topological polar surface area (TPSA) is 0 Å². The molecular weight excluding hydrogens is 339 g/mol. The van der Waals surface area contributed by atoms with Crippen LogP contribution in [-0.2, 0) is 0 Å². The van der Waals surface area contributed by atoms with Crippen molar-refractivity contribution >= 4 is 18.4 Å². The fourth-order valence-corrected chi connectivity index (χ4v) is 8.21.